The van der Waals surface area contributed by atoms with Crippen LogP contribution in [0, 0.1) is 0 Å². The van der Waals surface area contributed by atoms with Crippen molar-refractivity contribution in [3.8, 4) is 10.7 Å². The molecule has 114 valence electrons. The summed E-state index contributed by atoms with van der Waals surface area (Å²) in [6.07, 6.45) is 0.680. The fraction of sp³-hybridized carbons (Fsp3) is 0.357. The van der Waals surface area contributed by atoms with Crippen molar-refractivity contribution in [1.29, 1.82) is 0 Å². The number of hydrogen-bond donors (Lipinski definition) is 1. The summed E-state index contributed by atoms with van der Waals surface area (Å²) in [5, 5.41) is 12.5. The number of H-pyrrole nitrogens is 1. The predicted molar refractivity (Wildman–Crippen MR) is 87.6 cm³/mol. The zero-order valence-electron chi connectivity index (χ0n) is 11.9. The Labute approximate surface area is 135 Å². The lowest BCUT2D eigenvalue weighted by molar-refractivity contribution is 0.122. The van der Waals surface area contributed by atoms with Crippen molar-refractivity contribution in [2.75, 3.05) is 31.2 Å². The molecule has 4 heterocycles. The molecule has 0 spiro atoms. The highest BCUT2D eigenvalue weighted by molar-refractivity contribution is 7.13. The number of aromatic nitrogens is 4. The van der Waals surface area contributed by atoms with Crippen LogP contribution >= 0.6 is 22.7 Å². The summed E-state index contributed by atoms with van der Waals surface area (Å²) in [4.78, 5) is 12.6. The molecule has 0 bridgehead atoms. The molecule has 1 saturated heterocycles. The molecule has 1 aliphatic rings. The van der Waals surface area contributed by atoms with Crippen LogP contribution in [0.3, 0.4) is 0 Å². The Balaban J connectivity index is 1.46. The first-order chi connectivity index (χ1) is 10.9. The van der Waals surface area contributed by atoms with Crippen LogP contribution in [0.4, 0.5) is 5.13 Å². The highest BCUT2D eigenvalue weighted by Gasteiger charge is 2.15. The summed E-state index contributed by atoms with van der Waals surface area (Å²) in [5.74, 6) is 1.61. The van der Waals surface area contributed by atoms with Gasteiger partial charge in [0.05, 0.1) is 30.2 Å². The molecule has 0 aromatic carbocycles. The van der Waals surface area contributed by atoms with Crippen molar-refractivity contribution in [3.05, 3.63) is 34.4 Å². The molecule has 0 saturated carbocycles. The van der Waals surface area contributed by atoms with Gasteiger partial charge in [-0.15, -0.1) is 22.7 Å². The molecule has 6 nitrogen and oxygen atoms in total. The van der Waals surface area contributed by atoms with E-state index in [2.05, 4.69) is 25.5 Å². The molecule has 0 amide bonds. The fourth-order valence-corrected chi connectivity index (χ4v) is 3.88. The average Bonchev–Trinajstić information content (AvgIpc) is 3.30. The topological polar surface area (TPSA) is 66.9 Å². The molecule has 3 aromatic rings. The van der Waals surface area contributed by atoms with Crippen molar-refractivity contribution < 1.29 is 4.74 Å². The lowest BCUT2D eigenvalue weighted by Gasteiger charge is -2.26. The van der Waals surface area contributed by atoms with Crippen LogP contribution in [0.25, 0.3) is 10.7 Å². The van der Waals surface area contributed by atoms with Gasteiger partial charge in [-0.05, 0) is 11.4 Å². The van der Waals surface area contributed by atoms with E-state index in [1.807, 2.05) is 17.5 Å². The second-order valence-electron chi connectivity index (χ2n) is 4.98. The SMILES string of the molecule is c1csc(-c2n[nH]c(Cc3csc(N4CCOCC4)n3)n2)c1. The smallest absolute Gasteiger partial charge is 0.191 e. The summed E-state index contributed by atoms with van der Waals surface area (Å²) in [5.41, 5.74) is 1.03. The van der Waals surface area contributed by atoms with Gasteiger partial charge in [0.15, 0.2) is 11.0 Å². The number of hydrogen-bond acceptors (Lipinski definition) is 7. The van der Waals surface area contributed by atoms with E-state index >= 15 is 0 Å². The van der Waals surface area contributed by atoms with E-state index in [9.17, 15) is 0 Å². The van der Waals surface area contributed by atoms with Gasteiger partial charge in [-0.1, -0.05) is 6.07 Å². The third-order valence-electron chi connectivity index (χ3n) is 3.44. The molecule has 0 aliphatic carbocycles. The minimum absolute atomic E-state index is 0.680. The van der Waals surface area contributed by atoms with Crippen molar-refractivity contribution in [2.24, 2.45) is 0 Å². The normalized spacial score (nSPS) is 15.4. The van der Waals surface area contributed by atoms with Gasteiger partial charge in [0.2, 0.25) is 0 Å². The molecule has 1 aliphatic heterocycles. The standard InChI is InChI=1S/C14H15N5OS2/c1-2-11(21-7-1)13-16-12(17-18-13)8-10-9-22-14(15-10)19-3-5-20-6-4-19/h1-2,7,9H,3-6,8H2,(H,16,17,18). The summed E-state index contributed by atoms with van der Waals surface area (Å²) in [6.45, 7) is 3.39. The highest BCUT2D eigenvalue weighted by atomic mass is 32.1. The second kappa shape index (κ2) is 6.15. The van der Waals surface area contributed by atoms with E-state index in [4.69, 9.17) is 9.72 Å². The molecule has 3 aromatic heterocycles. The summed E-state index contributed by atoms with van der Waals surface area (Å²) >= 11 is 3.32. The van der Waals surface area contributed by atoms with Crippen molar-refractivity contribution >= 4 is 27.8 Å². The fourth-order valence-electron chi connectivity index (χ4n) is 2.34. The number of rotatable bonds is 4. The van der Waals surface area contributed by atoms with E-state index in [0.29, 0.717) is 6.42 Å². The van der Waals surface area contributed by atoms with Crippen LogP contribution in [0.15, 0.2) is 22.9 Å². The van der Waals surface area contributed by atoms with Crippen LogP contribution < -0.4 is 4.90 Å². The van der Waals surface area contributed by atoms with Gasteiger partial charge in [0.25, 0.3) is 0 Å². The number of anilines is 1. The number of thiazole rings is 1. The number of nitrogens with one attached hydrogen (secondary N) is 1. The van der Waals surface area contributed by atoms with Crippen LogP contribution in [0.5, 0.6) is 0 Å². The van der Waals surface area contributed by atoms with Crippen molar-refractivity contribution in [1.82, 2.24) is 20.2 Å². The van der Waals surface area contributed by atoms with Gasteiger partial charge in [0.1, 0.15) is 5.82 Å². The summed E-state index contributed by atoms with van der Waals surface area (Å²) in [6, 6.07) is 4.03. The number of ether oxygens (including phenoxy) is 1. The third kappa shape index (κ3) is 2.90. The van der Waals surface area contributed by atoms with Gasteiger partial charge in [-0.25, -0.2) is 9.97 Å². The Kier molecular flexibility index (Phi) is 3.88. The molecular formula is C14H15N5OS2. The number of aromatic amines is 1. The molecule has 8 heteroatoms. The van der Waals surface area contributed by atoms with Crippen molar-refractivity contribution in [2.45, 2.75) is 6.42 Å². The minimum Gasteiger partial charge on any atom is -0.378 e. The van der Waals surface area contributed by atoms with Gasteiger partial charge in [0, 0.05) is 18.5 Å². The van der Waals surface area contributed by atoms with Gasteiger partial charge >= 0.3 is 0 Å². The Morgan fingerprint density at radius 1 is 1.23 bits per heavy atom. The van der Waals surface area contributed by atoms with Gasteiger partial charge in [-0.2, -0.15) is 5.10 Å². The van der Waals surface area contributed by atoms with Crippen molar-refractivity contribution in [3.63, 3.8) is 0 Å². The number of morpholine rings is 1. The molecule has 22 heavy (non-hydrogen) atoms. The van der Waals surface area contributed by atoms with Crippen LogP contribution in [-0.4, -0.2) is 46.5 Å². The first kappa shape index (κ1) is 13.9. The number of thiophene rings is 1. The molecular weight excluding hydrogens is 318 g/mol. The molecule has 1 fully saturated rings. The van der Waals surface area contributed by atoms with Crippen LogP contribution in [0.2, 0.25) is 0 Å². The van der Waals surface area contributed by atoms with E-state index in [1.54, 1.807) is 22.7 Å². The second-order valence-corrected chi connectivity index (χ2v) is 6.76. The van der Waals surface area contributed by atoms with Gasteiger partial charge in [-0.3, -0.25) is 5.10 Å². The van der Waals surface area contributed by atoms with Crippen LogP contribution in [-0.2, 0) is 11.2 Å². The lowest BCUT2D eigenvalue weighted by Crippen LogP contribution is -2.36. The Bertz CT molecular complexity index is 730. The predicted octanol–water partition coefficient (Wildman–Crippen LogP) is 2.42. The first-order valence-electron chi connectivity index (χ1n) is 7.11. The molecule has 0 unspecified atom stereocenters. The first-order valence-corrected chi connectivity index (χ1v) is 8.87. The van der Waals surface area contributed by atoms with Crippen LogP contribution in [0.1, 0.15) is 11.5 Å². The summed E-state index contributed by atoms with van der Waals surface area (Å²) < 4.78 is 5.37. The maximum absolute atomic E-state index is 5.37. The molecule has 4 rings (SSSR count). The molecule has 0 radical (unpaired) electrons. The Hall–Kier alpha value is -1.77. The zero-order chi connectivity index (χ0) is 14.8. The maximum atomic E-state index is 5.37. The van der Waals surface area contributed by atoms with E-state index in [0.717, 1.165) is 53.7 Å². The third-order valence-corrected chi connectivity index (χ3v) is 5.26. The number of nitrogens with zero attached hydrogens (tertiary/aromatic N) is 4. The average molecular weight is 333 g/mol. The molecule has 0 atom stereocenters. The van der Waals surface area contributed by atoms with E-state index < -0.39 is 0 Å². The highest BCUT2D eigenvalue weighted by Crippen LogP contribution is 2.24. The lowest BCUT2D eigenvalue weighted by atomic mass is 10.3. The largest absolute Gasteiger partial charge is 0.378 e. The van der Waals surface area contributed by atoms with Gasteiger partial charge < -0.3 is 9.64 Å². The monoisotopic (exact) mass is 333 g/mol. The molecule has 1 N–H and O–H groups in total. The maximum Gasteiger partial charge on any atom is 0.191 e. The Morgan fingerprint density at radius 2 is 2.14 bits per heavy atom. The Morgan fingerprint density at radius 3 is 2.95 bits per heavy atom. The zero-order valence-corrected chi connectivity index (χ0v) is 13.5. The summed E-state index contributed by atoms with van der Waals surface area (Å²) in [7, 11) is 0. The quantitative estimate of drug-likeness (QED) is 0.794. The van der Waals surface area contributed by atoms with E-state index in [-0.39, 0.29) is 0 Å². The van der Waals surface area contributed by atoms with E-state index in [1.165, 1.54) is 0 Å². The minimum atomic E-state index is 0.680.